The molecule has 0 aliphatic heterocycles. The summed E-state index contributed by atoms with van der Waals surface area (Å²) in [6.07, 6.45) is 8.61. The second-order valence-electron chi connectivity index (χ2n) is 5.87. The summed E-state index contributed by atoms with van der Waals surface area (Å²) in [7, 11) is 0. The molecule has 0 aromatic carbocycles. The van der Waals surface area contributed by atoms with Crippen molar-refractivity contribution in [2.45, 2.75) is 76.9 Å². The number of unbranched alkanes of at least 4 members (excludes halogenated alkanes) is 1. The standard InChI is InChI=1S/C15H30N2O2/c1-3-4-11-17-14(18)13(2)19-12-15(16)9-7-5-6-8-10-15/h13H,3-12,16H2,1-2H3,(H,17,18). The summed E-state index contributed by atoms with van der Waals surface area (Å²) in [5, 5.41) is 2.89. The molecule has 0 heterocycles. The number of hydrogen-bond acceptors (Lipinski definition) is 3. The molecule has 1 unspecified atom stereocenters. The fraction of sp³-hybridized carbons (Fsp3) is 0.933. The van der Waals surface area contributed by atoms with Gasteiger partial charge in [-0.15, -0.1) is 0 Å². The van der Waals surface area contributed by atoms with Crippen molar-refractivity contribution in [3.63, 3.8) is 0 Å². The van der Waals surface area contributed by atoms with Crippen molar-refractivity contribution in [3.8, 4) is 0 Å². The van der Waals surface area contributed by atoms with Crippen LogP contribution in [0.1, 0.15) is 65.2 Å². The second-order valence-corrected chi connectivity index (χ2v) is 5.87. The summed E-state index contributed by atoms with van der Waals surface area (Å²) in [6, 6.07) is 0. The van der Waals surface area contributed by atoms with E-state index < -0.39 is 6.10 Å². The van der Waals surface area contributed by atoms with Crippen LogP contribution in [0, 0.1) is 0 Å². The summed E-state index contributed by atoms with van der Waals surface area (Å²) in [4.78, 5) is 11.8. The van der Waals surface area contributed by atoms with Crippen LogP contribution in [0.3, 0.4) is 0 Å². The number of nitrogens with two attached hydrogens (primary N) is 1. The average Bonchev–Trinajstić information content (AvgIpc) is 2.61. The van der Waals surface area contributed by atoms with Gasteiger partial charge in [0.05, 0.1) is 6.61 Å². The molecule has 3 N–H and O–H groups in total. The Hall–Kier alpha value is -0.610. The molecule has 1 saturated carbocycles. The number of hydrogen-bond donors (Lipinski definition) is 2. The summed E-state index contributed by atoms with van der Waals surface area (Å²) in [6.45, 7) is 5.14. The highest BCUT2D eigenvalue weighted by atomic mass is 16.5. The Morgan fingerprint density at radius 1 is 1.32 bits per heavy atom. The van der Waals surface area contributed by atoms with Gasteiger partial charge in [0.2, 0.25) is 5.91 Å². The lowest BCUT2D eigenvalue weighted by Crippen LogP contribution is -2.46. The number of carbonyl (C=O) groups is 1. The zero-order valence-corrected chi connectivity index (χ0v) is 12.5. The minimum absolute atomic E-state index is 0.0225. The highest BCUT2D eigenvalue weighted by molar-refractivity contribution is 5.80. The molecular formula is C15H30N2O2. The number of amides is 1. The van der Waals surface area contributed by atoms with Crippen LogP contribution >= 0.6 is 0 Å². The monoisotopic (exact) mass is 270 g/mol. The molecule has 1 amide bonds. The summed E-state index contributed by atoms with van der Waals surface area (Å²) < 4.78 is 5.70. The Balaban J connectivity index is 2.27. The maximum Gasteiger partial charge on any atom is 0.248 e. The van der Waals surface area contributed by atoms with Crippen molar-refractivity contribution in [1.29, 1.82) is 0 Å². The van der Waals surface area contributed by atoms with Crippen LogP contribution in [0.4, 0.5) is 0 Å². The molecular weight excluding hydrogens is 240 g/mol. The van der Waals surface area contributed by atoms with E-state index in [0.717, 1.165) is 32.2 Å². The second kappa shape index (κ2) is 8.54. The van der Waals surface area contributed by atoms with Crippen molar-refractivity contribution in [3.05, 3.63) is 0 Å². The fourth-order valence-corrected chi connectivity index (χ4v) is 2.48. The van der Waals surface area contributed by atoms with E-state index in [0.29, 0.717) is 6.61 Å². The van der Waals surface area contributed by atoms with Gasteiger partial charge in [-0.25, -0.2) is 0 Å². The van der Waals surface area contributed by atoms with Crippen LogP contribution in [0.2, 0.25) is 0 Å². The summed E-state index contributed by atoms with van der Waals surface area (Å²) in [5.74, 6) is -0.0225. The van der Waals surface area contributed by atoms with Gasteiger partial charge in [0.1, 0.15) is 6.10 Å². The molecule has 0 spiro atoms. The first-order valence-corrected chi connectivity index (χ1v) is 7.75. The van der Waals surface area contributed by atoms with Gasteiger partial charge in [-0.3, -0.25) is 4.79 Å². The van der Waals surface area contributed by atoms with Crippen LogP contribution in [-0.2, 0) is 9.53 Å². The average molecular weight is 270 g/mol. The first-order valence-electron chi connectivity index (χ1n) is 7.75. The molecule has 0 aromatic rings. The third-order valence-electron chi connectivity index (χ3n) is 3.92. The third-order valence-corrected chi connectivity index (χ3v) is 3.92. The molecule has 0 bridgehead atoms. The van der Waals surface area contributed by atoms with Gasteiger partial charge in [-0.05, 0) is 26.2 Å². The molecule has 0 aromatic heterocycles. The van der Waals surface area contributed by atoms with Crippen molar-refractivity contribution in [2.75, 3.05) is 13.2 Å². The molecule has 1 rings (SSSR count). The minimum Gasteiger partial charge on any atom is -0.367 e. The number of carbonyl (C=O) groups excluding carboxylic acids is 1. The number of rotatable bonds is 7. The maximum absolute atomic E-state index is 11.8. The minimum atomic E-state index is -0.402. The third kappa shape index (κ3) is 6.39. The van der Waals surface area contributed by atoms with Crippen LogP contribution < -0.4 is 11.1 Å². The van der Waals surface area contributed by atoms with Gasteiger partial charge < -0.3 is 15.8 Å². The molecule has 19 heavy (non-hydrogen) atoms. The van der Waals surface area contributed by atoms with Gasteiger partial charge in [0, 0.05) is 12.1 Å². The number of nitrogens with one attached hydrogen (secondary N) is 1. The predicted molar refractivity (Wildman–Crippen MR) is 78.0 cm³/mol. The van der Waals surface area contributed by atoms with E-state index in [2.05, 4.69) is 12.2 Å². The Labute approximate surface area is 117 Å². The fourth-order valence-electron chi connectivity index (χ4n) is 2.48. The van der Waals surface area contributed by atoms with Gasteiger partial charge in [-0.2, -0.15) is 0 Å². The Morgan fingerprint density at radius 3 is 2.53 bits per heavy atom. The van der Waals surface area contributed by atoms with E-state index >= 15 is 0 Å². The van der Waals surface area contributed by atoms with Crippen molar-refractivity contribution < 1.29 is 9.53 Å². The molecule has 1 aliphatic rings. The van der Waals surface area contributed by atoms with Crippen molar-refractivity contribution >= 4 is 5.91 Å². The highest BCUT2D eigenvalue weighted by Crippen LogP contribution is 2.25. The van der Waals surface area contributed by atoms with Crippen molar-refractivity contribution in [2.24, 2.45) is 5.73 Å². The van der Waals surface area contributed by atoms with Crippen LogP contribution in [0.15, 0.2) is 0 Å². The van der Waals surface area contributed by atoms with Crippen LogP contribution in [0.5, 0.6) is 0 Å². The quantitative estimate of drug-likeness (QED) is 0.551. The zero-order valence-electron chi connectivity index (χ0n) is 12.5. The number of ether oxygens (including phenoxy) is 1. The summed E-state index contributed by atoms with van der Waals surface area (Å²) in [5.41, 5.74) is 6.14. The van der Waals surface area contributed by atoms with Gasteiger partial charge in [-0.1, -0.05) is 39.0 Å². The smallest absolute Gasteiger partial charge is 0.248 e. The SMILES string of the molecule is CCCCNC(=O)C(C)OCC1(N)CCCCCC1. The first-order chi connectivity index (χ1) is 9.07. The normalized spacial score (nSPS) is 20.6. The molecule has 4 nitrogen and oxygen atoms in total. The Bertz CT molecular complexity index is 261. The lowest BCUT2D eigenvalue weighted by molar-refractivity contribution is -0.132. The molecule has 112 valence electrons. The van der Waals surface area contributed by atoms with E-state index in [-0.39, 0.29) is 11.4 Å². The van der Waals surface area contributed by atoms with E-state index in [4.69, 9.17) is 10.5 Å². The van der Waals surface area contributed by atoms with Crippen LogP contribution in [-0.4, -0.2) is 30.7 Å². The lowest BCUT2D eigenvalue weighted by atomic mass is 9.92. The van der Waals surface area contributed by atoms with E-state index in [1.165, 1.54) is 25.7 Å². The lowest BCUT2D eigenvalue weighted by Gasteiger charge is -2.29. The molecule has 1 fully saturated rings. The zero-order chi connectivity index (χ0) is 14.1. The van der Waals surface area contributed by atoms with Gasteiger partial charge in [0.15, 0.2) is 0 Å². The van der Waals surface area contributed by atoms with E-state index in [1.807, 2.05) is 0 Å². The van der Waals surface area contributed by atoms with Gasteiger partial charge in [0.25, 0.3) is 0 Å². The largest absolute Gasteiger partial charge is 0.367 e. The van der Waals surface area contributed by atoms with Crippen molar-refractivity contribution in [1.82, 2.24) is 5.32 Å². The molecule has 1 atom stereocenters. The molecule has 0 radical (unpaired) electrons. The maximum atomic E-state index is 11.8. The summed E-state index contributed by atoms with van der Waals surface area (Å²) >= 11 is 0. The van der Waals surface area contributed by atoms with Crippen LogP contribution in [0.25, 0.3) is 0 Å². The van der Waals surface area contributed by atoms with Gasteiger partial charge >= 0.3 is 0 Å². The Kier molecular flexibility index (Phi) is 7.39. The molecule has 0 saturated heterocycles. The van der Waals surface area contributed by atoms with E-state index in [1.54, 1.807) is 6.92 Å². The highest BCUT2D eigenvalue weighted by Gasteiger charge is 2.28. The molecule has 4 heteroatoms. The first kappa shape index (κ1) is 16.4. The predicted octanol–water partition coefficient (Wildman–Crippen LogP) is 2.36. The topological polar surface area (TPSA) is 64.3 Å². The van der Waals surface area contributed by atoms with E-state index in [9.17, 15) is 4.79 Å². The molecule has 1 aliphatic carbocycles. The Morgan fingerprint density at radius 2 is 1.95 bits per heavy atom.